The smallest absolute Gasteiger partial charge is 0.150 e. The fraction of sp³-hybridized carbons (Fsp3) is 0.250. The zero-order valence-corrected chi connectivity index (χ0v) is 11.7. The molecule has 4 heteroatoms. The molecule has 2 nitrogen and oxygen atoms in total. The van der Waals surface area contributed by atoms with Crippen LogP contribution in [0.5, 0.6) is 0 Å². The molecule has 2 rings (SSSR count). The second-order valence-electron chi connectivity index (χ2n) is 4.97. The zero-order valence-electron chi connectivity index (χ0n) is 11.7. The first-order valence-corrected chi connectivity index (χ1v) is 6.33. The molecule has 1 N–H and O–H groups in total. The molecular formula is C16H17F2NO. The fourth-order valence-corrected chi connectivity index (χ4v) is 2.30. The summed E-state index contributed by atoms with van der Waals surface area (Å²) >= 11 is 0. The molecule has 0 spiro atoms. The average molecular weight is 277 g/mol. The van der Waals surface area contributed by atoms with Gasteiger partial charge in [0.15, 0.2) is 0 Å². The number of hydrogen-bond acceptors (Lipinski definition) is 2. The van der Waals surface area contributed by atoms with Crippen LogP contribution in [-0.2, 0) is 6.61 Å². The molecule has 0 heterocycles. The predicted octanol–water partition coefficient (Wildman–Crippen LogP) is 3.84. The number of aryl methyl sites for hydroxylation is 2. The summed E-state index contributed by atoms with van der Waals surface area (Å²) in [5, 5.41) is 8.96. The molecule has 0 radical (unpaired) electrons. The van der Waals surface area contributed by atoms with Gasteiger partial charge < -0.3 is 10.0 Å². The van der Waals surface area contributed by atoms with Gasteiger partial charge >= 0.3 is 0 Å². The Morgan fingerprint density at radius 1 is 0.950 bits per heavy atom. The Morgan fingerprint density at radius 3 is 1.90 bits per heavy atom. The van der Waals surface area contributed by atoms with Crippen LogP contribution in [-0.4, -0.2) is 12.2 Å². The molecule has 0 saturated carbocycles. The lowest BCUT2D eigenvalue weighted by atomic mass is 10.1. The van der Waals surface area contributed by atoms with Crippen LogP contribution in [0.15, 0.2) is 30.3 Å². The topological polar surface area (TPSA) is 23.5 Å². The van der Waals surface area contributed by atoms with E-state index in [4.69, 9.17) is 5.11 Å². The highest BCUT2D eigenvalue weighted by Crippen LogP contribution is 2.31. The van der Waals surface area contributed by atoms with Crippen LogP contribution >= 0.6 is 0 Å². The molecular weight excluding hydrogens is 260 g/mol. The molecule has 0 unspecified atom stereocenters. The van der Waals surface area contributed by atoms with Crippen molar-refractivity contribution in [3.63, 3.8) is 0 Å². The van der Waals surface area contributed by atoms with Crippen LogP contribution in [0.3, 0.4) is 0 Å². The van der Waals surface area contributed by atoms with Crippen LogP contribution in [0.4, 0.5) is 20.2 Å². The van der Waals surface area contributed by atoms with Crippen molar-refractivity contribution >= 4 is 11.4 Å². The van der Waals surface area contributed by atoms with E-state index in [2.05, 4.69) is 0 Å². The minimum absolute atomic E-state index is 0.118. The third kappa shape index (κ3) is 2.80. The molecule has 20 heavy (non-hydrogen) atoms. The van der Waals surface area contributed by atoms with E-state index in [0.29, 0.717) is 0 Å². The molecule has 0 aromatic heterocycles. The van der Waals surface area contributed by atoms with Crippen molar-refractivity contribution in [2.75, 3.05) is 11.9 Å². The number of anilines is 2. The molecule has 0 fully saturated rings. The molecule has 106 valence electrons. The SMILES string of the molecule is Cc1cc(C)cc(N(C)c2c(F)cc(CO)cc2F)c1. The van der Waals surface area contributed by atoms with Crippen molar-refractivity contribution in [2.45, 2.75) is 20.5 Å². The van der Waals surface area contributed by atoms with Crippen LogP contribution in [0.2, 0.25) is 0 Å². The van der Waals surface area contributed by atoms with E-state index in [1.807, 2.05) is 32.0 Å². The Bertz CT molecular complexity index is 597. The second kappa shape index (κ2) is 5.59. The van der Waals surface area contributed by atoms with Gasteiger partial charge in [-0.15, -0.1) is 0 Å². The Labute approximate surface area is 117 Å². The van der Waals surface area contributed by atoms with E-state index in [1.165, 1.54) is 4.90 Å². The van der Waals surface area contributed by atoms with Gasteiger partial charge in [0, 0.05) is 12.7 Å². The molecule has 0 aliphatic carbocycles. The van der Waals surface area contributed by atoms with E-state index in [9.17, 15) is 8.78 Å². The third-order valence-corrected chi connectivity index (χ3v) is 3.19. The molecule has 0 aliphatic heterocycles. The number of halogens is 2. The minimum atomic E-state index is -0.685. The molecule has 0 saturated heterocycles. The average Bonchev–Trinajstić information content (AvgIpc) is 2.36. The van der Waals surface area contributed by atoms with Crippen molar-refractivity contribution in [1.29, 1.82) is 0 Å². The zero-order chi connectivity index (χ0) is 14.9. The summed E-state index contributed by atoms with van der Waals surface area (Å²) in [6.07, 6.45) is 0. The van der Waals surface area contributed by atoms with Crippen molar-refractivity contribution in [1.82, 2.24) is 0 Å². The van der Waals surface area contributed by atoms with Crippen molar-refractivity contribution < 1.29 is 13.9 Å². The normalized spacial score (nSPS) is 10.7. The number of nitrogens with zero attached hydrogens (tertiary/aromatic N) is 1. The van der Waals surface area contributed by atoms with Gasteiger partial charge in [-0.3, -0.25) is 0 Å². The Balaban J connectivity index is 2.50. The predicted molar refractivity (Wildman–Crippen MR) is 76.3 cm³/mol. The maximum absolute atomic E-state index is 14.0. The van der Waals surface area contributed by atoms with Gasteiger partial charge in [0.05, 0.1) is 6.61 Å². The van der Waals surface area contributed by atoms with Gasteiger partial charge in [0.25, 0.3) is 0 Å². The van der Waals surface area contributed by atoms with Gasteiger partial charge in [-0.2, -0.15) is 0 Å². The quantitative estimate of drug-likeness (QED) is 0.921. The summed E-state index contributed by atoms with van der Waals surface area (Å²) < 4.78 is 28.1. The largest absolute Gasteiger partial charge is 0.392 e. The molecule has 0 amide bonds. The van der Waals surface area contributed by atoms with Crippen LogP contribution < -0.4 is 4.90 Å². The number of benzene rings is 2. The van der Waals surface area contributed by atoms with Gasteiger partial charge in [0.2, 0.25) is 0 Å². The van der Waals surface area contributed by atoms with Gasteiger partial charge in [-0.25, -0.2) is 8.78 Å². The summed E-state index contributed by atoms with van der Waals surface area (Å²) in [5.41, 5.74) is 2.88. The summed E-state index contributed by atoms with van der Waals surface area (Å²) in [6.45, 7) is 3.49. The summed E-state index contributed by atoms with van der Waals surface area (Å²) in [4.78, 5) is 1.48. The van der Waals surface area contributed by atoms with Gasteiger partial charge in [-0.05, 0) is 54.8 Å². The van der Waals surface area contributed by atoms with Crippen LogP contribution in [0, 0.1) is 25.5 Å². The highest BCUT2D eigenvalue weighted by atomic mass is 19.1. The Hall–Kier alpha value is -1.94. The maximum Gasteiger partial charge on any atom is 0.150 e. The van der Waals surface area contributed by atoms with E-state index < -0.39 is 11.6 Å². The summed E-state index contributed by atoms with van der Waals surface area (Å²) in [6, 6.07) is 8.03. The first-order valence-electron chi connectivity index (χ1n) is 6.33. The monoisotopic (exact) mass is 277 g/mol. The van der Waals surface area contributed by atoms with Gasteiger partial charge in [0.1, 0.15) is 17.3 Å². The highest BCUT2D eigenvalue weighted by molar-refractivity contribution is 5.65. The number of aliphatic hydroxyl groups excluding tert-OH is 1. The third-order valence-electron chi connectivity index (χ3n) is 3.19. The van der Waals surface area contributed by atoms with Crippen LogP contribution in [0.25, 0.3) is 0 Å². The molecule has 2 aromatic carbocycles. The molecule has 0 atom stereocenters. The lowest BCUT2D eigenvalue weighted by Gasteiger charge is -2.22. The first kappa shape index (κ1) is 14.5. The Morgan fingerprint density at radius 2 is 1.45 bits per heavy atom. The molecule has 0 aliphatic rings. The highest BCUT2D eigenvalue weighted by Gasteiger charge is 2.16. The van der Waals surface area contributed by atoms with Crippen LogP contribution in [0.1, 0.15) is 16.7 Å². The Kier molecular flexibility index (Phi) is 4.04. The summed E-state index contributed by atoms with van der Waals surface area (Å²) in [5.74, 6) is -1.37. The summed E-state index contributed by atoms with van der Waals surface area (Å²) in [7, 11) is 1.62. The number of hydrogen-bond donors (Lipinski definition) is 1. The minimum Gasteiger partial charge on any atom is -0.392 e. The fourth-order valence-electron chi connectivity index (χ4n) is 2.30. The lowest BCUT2D eigenvalue weighted by molar-refractivity contribution is 0.280. The molecule has 0 bridgehead atoms. The standard InChI is InChI=1S/C16H17F2NO/c1-10-4-11(2)6-13(5-10)19(3)16-14(17)7-12(9-20)8-15(16)18/h4-8,20H,9H2,1-3H3. The van der Waals surface area contributed by atoms with E-state index in [1.54, 1.807) is 7.05 Å². The lowest BCUT2D eigenvalue weighted by Crippen LogP contribution is -2.14. The molecule has 2 aromatic rings. The maximum atomic E-state index is 14.0. The van der Waals surface area contributed by atoms with E-state index in [0.717, 1.165) is 28.9 Å². The first-order chi connectivity index (χ1) is 9.42. The van der Waals surface area contributed by atoms with Crippen molar-refractivity contribution in [3.8, 4) is 0 Å². The number of rotatable bonds is 3. The van der Waals surface area contributed by atoms with E-state index >= 15 is 0 Å². The van der Waals surface area contributed by atoms with Gasteiger partial charge in [-0.1, -0.05) is 6.07 Å². The van der Waals surface area contributed by atoms with Crippen molar-refractivity contribution in [2.24, 2.45) is 0 Å². The second-order valence-corrected chi connectivity index (χ2v) is 4.97. The number of aliphatic hydroxyl groups is 1. The van der Waals surface area contributed by atoms with E-state index in [-0.39, 0.29) is 17.9 Å². The van der Waals surface area contributed by atoms with Crippen molar-refractivity contribution in [3.05, 3.63) is 58.7 Å².